The van der Waals surface area contributed by atoms with E-state index in [-0.39, 0.29) is 35.6 Å². The molecule has 0 radical (unpaired) electrons. The molecule has 5 heteroatoms. The van der Waals surface area contributed by atoms with E-state index in [2.05, 4.69) is 136 Å². The SMILES string of the molecule is CC(C)(C)c1c[c-]c2c(c1)-c1cc(C(C)(C)C)ccc1C2.CCCc1cc(C(C)(C)C)c[cH-]1.Clc1cccc([C](=[Zr+2])c2cccc(Cl)c2)c1.[Cl-].[Cl-]. The first-order valence-electron chi connectivity index (χ1n) is 17.4. The minimum atomic E-state index is 0. The third-order valence-electron chi connectivity index (χ3n) is 8.98. The maximum absolute atomic E-state index is 5.98. The van der Waals surface area contributed by atoms with Crippen LogP contribution in [0.5, 0.6) is 0 Å². The van der Waals surface area contributed by atoms with Crippen LogP contribution in [0.3, 0.4) is 0 Å². The molecule has 1 aliphatic rings. The van der Waals surface area contributed by atoms with Gasteiger partial charge in [-0.05, 0) is 17.4 Å². The summed E-state index contributed by atoms with van der Waals surface area (Å²) in [7, 11) is 0. The number of aryl methyl sites for hydroxylation is 1. The first-order chi connectivity index (χ1) is 22.9. The Bertz CT molecular complexity index is 1780. The quantitative estimate of drug-likeness (QED) is 0.162. The predicted octanol–water partition coefficient (Wildman–Crippen LogP) is 7.43. The molecule has 0 saturated heterocycles. The van der Waals surface area contributed by atoms with Crippen molar-refractivity contribution in [3.63, 3.8) is 0 Å². The fourth-order valence-corrected chi connectivity index (χ4v) is 6.99. The summed E-state index contributed by atoms with van der Waals surface area (Å²) in [5, 5.41) is 1.53. The van der Waals surface area contributed by atoms with Crippen LogP contribution in [-0.4, -0.2) is 3.21 Å². The second kappa shape index (κ2) is 18.9. The van der Waals surface area contributed by atoms with Crippen molar-refractivity contribution in [2.24, 2.45) is 0 Å². The van der Waals surface area contributed by atoms with E-state index in [9.17, 15) is 0 Å². The number of halogens is 4. The Kier molecular flexibility index (Phi) is 16.8. The first kappa shape index (κ1) is 45.3. The average Bonchev–Trinajstić information content (AvgIpc) is 3.65. The summed E-state index contributed by atoms with van der Waals surface area (Å²) in [6.07, 6.45) is 3.49. The summed E-state index contributed by atoms with van der Waals surface area (Å²) in [5.74, 6) is 0. The fraction of sp³-hybridized carbons (Fsp3) is 0.348. The van der Waals surface area contributed by atoms with Crippen molar-refractivity contribution in [3.8, 4) is 11.1 Å². The smallest absolute Gasteiger partial charge is 1.00 e. The summed E-state index contributed by atoms with van der Waals surface area (Å²) in [5.41, 5.74) is 14.3. The third kappa shape index (κ3) is 12.6. The Balaban J connectivity index is 0.000000270. The monoisotopic (exact) mass is 834 g/mol. The summed E-state index contributed by atoms with van der Waals surface area (Å²) < 4.78 is 1.26. The van der Waals surface area contributed by atoms with Gasteiger partial charge in [0.15, 0.2) is 0 Å². The van der Waals surface area contributed by atoms with Crippen molar-refractivity contribution in [1.82, 2.24) is 0 Å². The van der Waals surface area contributed by atoms with Crippen LogP contribution in [0.4, 0.5) is 0 Å². The third-order valence-corrected chi connectivity index (χ3v) is 10.9. The second-order valence-corrected chi connectivity index (χ2v) is 18.3. The largest absolute Gasteiger partial charge is 1.00 e. The van der Waals surface area contributed by atoms with Crippen LogP contribution >= 0.6 is 23.2 Å². The zero-order valence-corrected chi connectivity index (χ0v) is 37.4. The van der Waals surface area contributed by atoms with E-state index in [1.54, 1.807) is 0 Å². The molecule has 0 bridgehead atoms. The van der Waals surface area contributed by atoms with E-state index in [4.69, 9.17) is 23.2 Å². The van der Waals surface area contributed by atoms with Gasteiger partial charge >= 0.3 is 120 Å². The molecule has 5 aromatic carbocycles. The standard InChI is InChI=1S/C21H25.C13H8Cl2.C12H19.2ClH.Zr/c1-20(2,3)16-9-7-14-11-15-8-10-17(21(4,5)6)13-19(15)18(14)12-16;14-12-5-1-3-10(8-12)7-11-4-2-6-13(15)9-11;1-5-6-10-7-8-11(9-10)12(2,3)4;;;/h7,9-10,12-13H,11H2,1-6H3;1-6,8-9H;7-9H,5-6H2,1-4H3;2*1H;/q-1;;-1;;;+2/p-2. The molecule has 0 atom stereocenters. The molecule has 6 rings (SSSR count). The molecule has 0 saturated carbocycles. The molecule has 0 aromatic heterocycles. The van der Waals surface area contributed by atoms with Gasteiger partial charge in [0.05, 0.1) is 0 Å². The summed E-state index contributed by atoms with van der Waals surface area (Å²) in [4.78, 5) is 0. The van der Waals surface area contributed by atoms with Crippen LogP contribution < -0.4 is 24.8 Å². The minimum absolute atomic E-state index is 0. The Labute approximate surface area is 346 Å². The van der Waals surface area contributed by atoms with Gasteiger partial charge in [0.25, 0.3) is 0 Å². The van der Waals surface area contributed by atoms with Gasteiger partial charge in [0, 0.05) is 0 Å². The summed E-state index contributed by atoms with van der Waals surface area (Å²) in [6.45, 7) is 22.7. The molecule has 0 amide bonds. The van der Waals surface area contributed by atoms with E-state index >= 15 is 0 Å². The Morgan fingerprint density at radius 3 is 1.69 bits per heavy atom. The van der Waals surface area contributed by atoms with Crippen molar-refractivity contribution in [2.45, 2.75) is 105 Å². The van der Waals surface area contributed by atoms with Gasteiger partial charge < -0.3 is 24.8 Å². The molecule has 5 aromatic rings. The van der Waals surface area contributed by atoms with Crippen molar-refractivity contribution < 1.29 is 49.0 Å². The Hall–Kier alpha value is -1.86. The number of fused-ring (bicyclic) bond motifs is 3. The van der Waals surface area contributed by atoms with Crippen LogP contribution in [0.2, 0.25) is 10.0 Å². The number of hydrogen-bond acceptors (Lipinski definition) is 0. The molecule has 0 aliphatic heterocycles. The molecule has 270 valence electrons. The topological polar surface area (TPSA) is 0 Å². The molecule has 1 aliphatic carbocycles. The fourth-order valence-electron chi connectivity index (χ4n) is 5.84. The molecule has 0 nitrogen and oxygen atoms in total. The number of rotatable bonds is 4. The number of hydrogen-bond donors (Lipinski definition) is 0. The summed E-state index contributed by atoms with van der Waals surface area (Å²) >= 11 is 13.3. The zero-order chi connectivity index (χ0) is 36.1. The average molecular weight is 838 g/mol. The van der Waals surface area contributed by atoms with E-state index in [1.807, 2.05) is 36.4 Å². The van der Waals surface area contributed by atoms with E-state index in [0.29, 0.717) is 5.41 Å². The van der Waals surface area contributed by atoms with Crippen LogP contribution in [0, 0.1) is 6.07 Å². The van der Waals surface area contributed by atoms with Gasteiger partial charge in [-0.3, -0.25) is 0 Å². The maximum Gasteiger partial charge on any atom is -1.00 e. The van der Waals surface area contributed by atoms with E-state index in [0.717, 1.165) is 27.6 Å². The molecular weight excluding hydrogens is 786 g/mol. The van der Waals surface area contributed by atoms with Gasteiger partial charge in [0.1, 0.15) is 0 Å². The van der Waals surface area contributed by atoms with Gasteiger partial charge in [0.2, 0.25) is 0 Å². The van der Waals surface area contributed by atoms with Gasteiger partial charge in [-0.25, -0.2) is 6.07 Å². The molecule has 0 spiro atoms. The Morgan fingerprint density at radius 1 is 0.686 bits per heavy atom. The van der Waals surface area contributed by atoms with Gasteiger partial charge in [-0.15, -0.1) is 5.56 Å². The van der Waals surface area contributed by atoms with Gasteiger partial charge in [-0.1, -0.05) is 122 Å². The predicted molar refractivity (Wildman–Crippen MR) is 212 cm³/mol. The summed E-state index contributed by atoms with van der Waals surface area (Å²) in [6, 6.07) is 37.7. The van der Waals surface area contributed by atoms with Gasteiger partial charge in [-0.2, -0.15) is 52.6 Å². The Morgan fingerprint density at radius 2 is 1.22 bits per heavy atom. The molecular formula is C46H52Cl4Zr-2. The first-order valence-corrected chi connectivity index (χ1v) is 19.4. The molecule has 0 N–H and O–H groups in total. The van der Waals surface area contributed by atoms with E-state index in [1.165, 1.54) is 84.8 Å². The van der Waals surface area contributed by atoms with Crippen molar-refractivity contribution in [2.75, 3.05) is 0 Å². The normalized spacial score (nSPS) is 11.8. The second-order valence-electron chi connectivity index (χ2n) is 16.2. The van der Waals surface area contributed by atoms with Crippen LogP contribution in [0.25, 0.3) is 11.1 Å². The van der Waals surface area contributed by atoms with Crippen molar-refractivity contribution >= 4 is 26.4 Å². The zero-order valence-electron chi connectivity index (χ0n) is 31.9. The molecule has 51 heavy (non-hydrogen) atoms. The minimum Gasteiger partial charge on any atom is -1.00 e. The van der Waals surface area contributed by atoms with Crippen molar-refractivity contribution in [1.29, 1.82) is 0 Å². The maximum atomic E-state index is 5.98. The number of benzene rings is 4. The molecule has 0 fully saturated rings. The van der Waals surface area contributed by atoms with Crippen LogP contribution in [0.1, 0.15) is 120 Å². The molecule has 0 heterocycles. The van der Waals surface area contributed by atoms with Crippen LogP contribution in [0.15, 0.2) is 97.1 Å². The van der Waals surface area contributed by atoms with E-state index < -0.39 is 0 Å². The van der Waals surface area contributed by atoms with Crippen LogP contribution in [-0.2, 0) is 53.3 Å². The molecule has 0 unspecified atom stereocenters. The van der Waals surface area contributed by atoms with Crippen molar-refractivity contribution in [3.05, 3.63) is 158 Å².